The van der Waals surface area contributed by atoms with E-state index in [0.717, 1.165) is 31.6 Å². The van der Waals surface area contributed by atoms with Crippen LogP contribution in [0, 0.1) is 5.92 Å². The van der Waals surface area contributed by atoms with Crippen LogP contribution in [-0.2, 0) is 16.4 Å². The highest BCUT2D eigenvalue weighted by Gasteiger charge is 2.35. The average molecular weight is 286 g/mol. The lowest BCUT2D eigenvalue weighted by molar-refractivity contribution is 0.370. The van der Waals surface area contributed by atoms with Crippen molar-refractivity contribution in [1.82, 2.24) is 20.3 Å². The summed E-state index contributed by atoms with van der Waals surface area (Å²) in [4.78, 5) is 0. The molecule has 0 amide bonds. The Morgan fingerprint density at radius 1 is 1.53 bits per heavy atom. The first-order chi connectivity index (χ1) is 9.07. The molecule has 1 aromatic rings. The van der Waals surface area contributed by atoms with Crippen molar-refractivity contribution in [2.75, 3.05) is 18.1 Å². The second kappa shape index (κ2) is 6.00. The molecule has 2 atom stereocenters. The van der Waals surface area contributed by atoms with Gasteiger partial charge in [-0.3, -0.25) is 0 Å². The SMILES string of the molecule is CCCn1nncc1C(NCC)C1CCS(=O)(=O)C1. The molecule has 0 saturated carbocycles. The number of aromatic nitrogens is 3. The number of rotatable bonds is 6. The summed E-state index contributed by atoms with van der Waals surface area (Å²) >= 11 is 0. The highest BCUT2D eigenvalue weighted by molar-refractivity contribution is 7.91. The van der Waals surface area contributed by atoms with Gasteiger partial charge in [-0.1, -0.05) is 19.1 Å². The number of aryl methyl sites for hydroxylation is 1. The Bertz CT molecular complexity index is 512. The Labute approximate surface area is 114 Å². The quantitative estimate of drug-likeness (QED) is 0.836. The molecular weight excluding hydrogens is 264 g/mol. The maximum absolute atomic E-state index is 11.7. The van der Waals surface area contributed by atoms with Gasteiger partial charge in [-0.05, 0) is 25.3 Å². The van der Waals surface area contributed by atoms with Crippen LogP contribution < -0.4 is 5.32 Å². The van der Waals surface area contributed by atoms with E-state index in [1.54, 1.807) is 6.20 Å². The second-order valence-electron chi connectivity index (χ2n) is 5.08. The third-order valence-corrected chi connectivity index (χ3v) is 5.36. The monoisotopic (exact) mass is 286 g/mol. The third kappa shape index (κ3) is 3.33. The lowest BCUT2D eigenvalue weighted by atomic mass is 9.96. The van der Waals surface area contributed by atoms with Crippen LogP contribution in [0.1, 0.15) is 38.4 Å². The maximum atomic E-state index is 11.7. The van der Waals surface area contributed by atoms with E-state index in [1.165, 1.54) is 0 Å². The van der Waals surface area contributed by atoms with Crippen molar-refractivity contribution in [2.24, 2.45) is 5.92 Å². The van der Waals surface area contributed by atoms with Crippen LogP contribution in [-0.4, -0.2) is 41.5 Å². The summed E-state index contributed by atoms with van der Waals surface area (Å²) in [5, 5.41) is 11.5. The molecular formula is C12H22N4O2S. The summed E-state index contributed by atoms with van der Waals surface area (Å²) in [6, 6.07) is 0.0313. The molecule has 1 aliphatic heterocycles. The first kappa shape index (κ1) is 14.5. The summed E-state index contributed by atoms with van der Waals surface area (Å²) in [7, 11) is -2.87. The number of nitrogens with zero attached hydrogens (tertiary/aromatic N) is 3. The van der Waals surface area contributed by atoms with Gasteiger partial charge in [0.2, 0.25) is 0 Å². The van der Waals surface area contributed by atoms with E-state index in [4.69, 9.17) is 0 Å². The van der Waals surface area contributed by atoms with Gasteiger partial charge in [0.25, 0.3) is 0 Å². The van der Waals surface area contributed by atoms with Gasteiger partial charge in [0.05, 0.1) is 29.4 Å². The highest BCUT2D eigenvalue weighted by Crippen LogP contribution is 2.31. The fourth-order valence-corrected chi connectivity index (χ4v) is 4.55. The average Bonchev–Trinajstić information content (AvgIpc) is 2.93. The smallest absolute Gasteiger partial charge is 0.150 e. The van der Waals surface area contributed by atoms with E-state index in [2.05, 4.69) is 22.6 Å². The zero-order chi connectivity index (χ0) is 13.9. The molecule has 0 spiro atoms. The normalized spacial score (nSPS) is 23.6. The van der Waals surface area contributed by atoms with E-state index >= 15 is 0 Å². The maximum Gasteiger partial charge on any atom is 0.150 e. The van der Waals surface area contributed by atoms with E-state index < -0.39 is 9.84 Å². The topological polar surface area (TPSA) is 76.9 Å². The van der Waals surface area contributed by atoms with Crippen molar-refractivity contribution in [3.8, 4) is 0 Å². The molecule has 0 radical (unpaired) electrons. The molecule has 108 valence electrons. The first-order valence-electron chi connectivity index (χ1n) is 6.89. The zero-order valence-electron chi connectivity index (χ0n) is 11.5. The lowest BCUT2D eigenvalue weighted by Crippen LogP contribution is -2.31. The van der Waals surface area contributed by atoms with Crippen LogP contribution in [0.5, 0.6) is 0 Å². The molecule has 0 aromatic carbocycles. The Balaban J connectivity index is 2.22. The molecule has 19 heavy (non-hydrogen) atoms. The fraction of sp³-hybridized carbons (Fsp3) is 0.833. The largest absolute Gasteiger partial charge is 0.309 e. The van der Waals surface area contributed by atoms with E-state index in [9.17, 15) is 8.42 Å². The number of hydrogen-bond acceptors (Lipinski definition) is 5. The molecule has 1 aromatic heterocycles. The second-order valence-corrected chi connectivity index (χ2v) is 7.31. The van der Waals surface area contributed by atoms with Crippen LogP contribution in [0.2, 0.25) is 0 Å². The molecule has 1 fully saturated rings. The predicted molar refractivity (Wildman–Crippen MR) is 73.5 cm³/mol. The van der Waals surface area contributed by atoms with Gasteiger partial charge in [0.1, 0.15) is 0 Å². The van der Waals surface area contributed by atoms with Gasteiger partial charge in [0, 0.05) is 6.54 Å². The van der Waals surface area contributed by atoms with E-state index in [1.807, 2.05) is 11.6 Å². The Morgan fingerprint density at radius 3 is 2.89 bits per heavy atom. The zero-order valence-corrected chi connectivity index (χ0v) is 12.4. The third-order valence-electron chi connectivity index (χ3n) is 3.56. The minimum atomic E-state index is -2.87. The van der Waals surface area contributed by atoms with Crippen LogP contribution in [0.4, 0.5) is 0 Å². The first-order valence-corrected chi connectivity index (χ1v) is 8.71. The van der Waals surface area contributed by atoms with Crippen LogP contribution in [0.15, 0.2) is 6.20 Å². The van der Waals surface area contributed by atoms with Gasteiger partial charge in [0.15, 0.2) is 9.84 Å². The number of sulfone groups is 1. The summed E-state index contributed by atoms with van der Waals surface area (Å²) in [6.07, 6.45) is 3.46. The van der Waals surface area contributed by atoms with Crippen LogP contribution >= 0.6 is 0 Å². The molecule has 0 aliphatic carbocycles. The van der Waals surface area contributed by atoms with Gasteiger partial charge in [-0.15, -0.1) is 5.10 Å². The molecule has 2 unspecified atom stereocenters. The Morgan fingerprint density at radius 2 is 2.32 bits per heavy atom. The van der Waals surface area contributed by atoms with Crippen LogP contribution in [0.3, 0.4) is 0 Å². The van der Waals surface area contributed by atoms with Gasteiger partial charge >= 0.3 is 0 Å². The van der Waals surface area contributed by atoms with Crippen molar-refractivity contribution in [1.29, 1.82) is 0 Å². The molecule has 1 saturated heterocycles. The highest BCUT2D eigenvalue weighted by atomic mass is 32.2. The van der Waals surface area contributed by atoms with E-state index in [0.29, 0.717) is 5.75 Å². The van der Waals surface area contributed by atoms with Crippen LogP contribution in [0.25, 0.3) is 0 Å². The standard InChI is InChI=1S/C12H22N4O2S/c1-3-6-16-11(8-14-15-16)12(13-4-2)10-5-7-19(17,18)9-10/h8,10,12-13H,3-7,9H2,1-2H3. The molecule has 0 bridgehead atoms. The van der Waals surface area contributed by atoms with Gasteiger partial charge in [-0.2, -0.15) is 0 Å². The molecule has 1 N–H and O–H groups in total. The summed E-state index contributed by atoms with van der Waals surface area (Å²) in [5.41, 5.74) is 1.01. The van der Waals surface area contributed by atoms with Crippen molar-refractivity contribution < 1.29 is 8.42 Å². The summed E-state index contributed by atoms with van der Waals surface area (Å²) in [6.45, 7) is 5.74. The molecule has 6 nitrogen and oxygen atoms in total. The molecule has 7 heteroatoms. The minimum absolute atomic E-state index is 0.0313. The number of hydrogen-bond donors (Lipinski definition) is 1. The summed E-state index contributed by atoms with van der Waals surface area (Å²) in [5.74, 6) is 0.690. The molecule has 2 rings (SSSR count). The molecule has 2 heterocycles. The van der Waals surface area contributed by atoms with Crippen molar-refractivity contribution >= 4 is 9.84 Å². The Hall–Kier alpha value is -0.950. The van der Waals surface area contributed by atoms with Crippen molar-refractivity contribution in [2.45, 2.75) is 39.3 Å². The van der Waals surface area contributed by atoms with E-state index in [-0.39, 0.29) is 17.7 Å². The van der Waals surface area contributed by atoms with Gasteiger partial charge < -0.3 is 5.32 Å². The predicted octanol–water partition coefficient (Wildman–Crippen LogP) is 0.773. The molecule has 1 aliphatic rings. The Kier molecular flexibility index (Phi) is 4.57. The van der Waals surface area contributed by atoms with Gasteiger partial charge in [-0.25, -0.2) is 13.1 Å². The van der Waals surface area contributed by atoms with Crippen molar-refractivity contribution in [3.05, 3.63) is 11.9 Å². The summed E-state index contributed by atoms with van der Waals surface area (Å²) < 4.78 is 25.2. The minimum Gasteiger partial charge on any atom is -0.309 e. The number of nitrogens with one attached hydrogen (secondary N) is 1. The fourth-order valence-electron chi connectivity index (χ4n) is 2.71. The van der Waals surface area contributed by atoms with Crippen molar-refractivity contribution in [3.63, 3.8) is 0 Å². The lowest BCUT2D eigenvalue weighted by Gasteiger charge is -2.23.